The monoisotopic (exact) mass is 922 g/mol. The van der Waals surface area contributed by atoms with Gasteiger partial charge in [0.15, 0.2) is 11.8 Å². The minimum atomic E-state index is -4.68. The van der Waals surface area contributed by atoms with Gasteiger partial charge in [-0.2, -0.15) is 36.9 Å². The first-order chi connectivity index (χ1) is 31.8. The standard InChI is InChI=1S/C48H41F6N9O4/c1-63(2,21-5-19-59-27-37-39(43(59)64)41(31-15-11-29(25-55)12-16-31)57-45(66)61(37)35-9-3-7-33(23-35)47(49,50)51)22-6-20-60-28-38-40(44(60)65)42(32-17-13-30(26-56)14-18-32)58-46(67)62(38)36-10-4-8-34(24-36)48(52,53)54/h3-4,7-18,23-24,27-28,41-42H,5-6,19-22H2,1-2H3,(H3-,57,58,64,65,66,67)/p+1/t41-,42-/m1/s1. The van der Waals surface area contributed by atoms with E-state index < -0.39 is 47.6 Å². The maximum Gasteiger partial charge on any atom is 0.416 e. The Kier molecular flexibility index (Phi) is 11.9. The summed E-state index contributed by atoms with van der Waals surface area (Å²) in [7, 11) is 3.97. The van der Waals surface area contributed by atoms with Gasteiger partial charge >= 0.3 is 24.4 Å². The summed E-state index contributed by atoms with van der Waals surface area (Å²) in [5.41, 5.74) is 0.649. The number of rotatable bonds is 12. The van der Waals surface area contributed by atoms with Gasteiger partial charge in [0, 0.05) is 38.3 Å². The molecule has 2 aliphatic rings. The second kappa shape index (κ2) is 17.5. The van der Waals surface area contributed by atoms with Gasteiger partial charge in [-0.05, 0) is 71.8 Å². The fourth-order valence-electron chi connectivity index (χ4n) is 8.69. The van der Waals surface area contributed by atoms with E-state index in [2.05, 4.69) is 10.6 Å². The summed E-state index contributed by atoms with van der Waals surface area (Å²) in [6.07, 6.45) is -5.30. The third-order valence-corrected chi connectivity index (χ3v) is 12.1. The van der Waals surface area contributed by atoms with Gasteiger partial charge in [0.05, 0.1) is 108 Å². The zero-order chi connectivity index (χ0) is 48.0. The Morgan fingerprint density at radius 2 is 0.985 bits per heavy atom. The molecule has 0 saturated heterocycles. The third kappa shape index (κ3) is 9.06. The molecule has 2 aromatic heterocycles. The van der Waals surface area contributed by atoms with Crippen LogP contribution in [0.5, 0.6) is 11.8 Å². The molecule has 0 unspecified atom stereocenters. The first-order valence-corrected chi connectivity index (χ1v) is 21.0. The smallest absolute Gasteiger partial charge is 0.416 e. The number of nitriles is 2. The Morgan fingerprint density at radius 1 is 0.612 bits per heavy atom. The number of quaternary nitrogens is 1. The third-order valence-electron chi connectivity index (χ3n) is 12.1. The summed E-state index contributed by atoms with van der Waals surface area (Å²) in [6.45, 7) is 1.62. The summed E-state index contributed by atoms with van der Waals surface area (Å²) in [5, 5.41) is 47.8. The summed E-state index contributed by atoms with van der Waals surface area (Å²) < 4.78 is 86.2. The second-order valence-corrected chi connectivity index (χ2v) is 17.0. The highest BCUT2D eigenvalue weighted by Crippen LogP contribution is 2.48. The number of amides is 4. The lowest BCUT2D eigenvalue weighted by molar-refractivity contribution is -0.890. The van der Waals surface area contributed by atoms with Crippen molar-refractivity contribution >= 4 is 34.8 Å². The van der Waals surface area contributed by atoms with Crippen molar-refractivity contribution in [2.75, 3.05) is 37.0 Å². The van der Waals surface area contributed by atoms with E-state index in [4.69, 9.17) is 0 Å². The molecule has 0 radical (unpaired) electrons. The van der Waals surface area contributed by atoms with Crippen LogP contribution in [0.1, 0.15) is 69.4 Å². The van der Waals surface area contributed by atoms with Gasteiger partial charge in [-0.25, -0.2) is 9.59 Å². The van der Waals surface area contributed by atoms with E-state index >= 15 is 0 Å². The molecule has 19 heteroatoms. The van der Waals surface area contributed by atoms with Crippen molar-refractivity contribution in [3.05, 3.63) is 154 Å². The van der Waals surface area contributed by atoms with Crippen LogP contribution in [0.25, 0.3) is 0 Å². The number of hydrogen-bond acceptors (Lipinski definition) is 6. The number of halogens is 6. The minimum Gasteiger partial charge on any atom is -0.494 e. The molecule has 6 aromatic rings. The van der Waals surface area contributed by atoms with Gasteiger partial charge in [-0.1, -0.05) is 36.4 Å². The highest BCUT2D eigenvalue weighted by molar-refractivity contribution is 6.04. The maximum atomic E-state index is 13.8. The van der Waals surface area contributed by atoms with E-state index in [1.807, 2.05) is 26.2 Å². The average Bonchev–Trinajstić information content (AvgIpc) is 3.79. The number of fused-ring (bicyclic) bond motifs is 2. The number of hydrogen-bond donors (Lipinski definition) is 4. The van der Waals surface area contributed by atoms with Gasteiger partial charge in [0.25, 0.3) is 0 Å². The number of carbonyl (C=O) groups is 2. The lowest BCUT2D eigenvalue weighted by atomic mass is 9.96. The van der Waals surface area contributed by atoms with E-state index in [0.717, 1.165) is 34.1 Å². The molecular formula is C48H42F6N9O4+. The number of aromatic hydroxyl groups is 2. The van der Waals surface area contributed by atoms with Crippen LogP contribution in [-0.2, 0) is 25.4 Å². The fourth-order valence-corrected chi connectivity index (χ4v) is 8.69. The van der Waals surface area contributed by atoms with Crippen molar-refractivity contribution < 1.29 is 50.6 Å². The van der Waals surface area contributed by atoms with E-state index in [0.29, 0.717) is 52.7 Å². The Hall–Kier alpha value is -7.90. The number of aromatic nitrogens is 2. The molecule has 0 aliphatic carbocycles. The lowest BCUT2D eigenvalue weighted by Gasteiger charge is -2.33. The number of urea groups is 2. The molecule has 0 saturated carbocycles. The Labute approximate surface area is 380 Å². The normalized spacial score (nSPS) is 16.1. The van der Waals surface area contributed by atoms with Crippen molar-refractivity contribution in [2.45, 2.75) is 50.4 Å². The van der Waals surface area contributed by atoms with Crippen LogP contribution in [0.15, 0.2) is 109 Å². The van der Waals surface area contributed by atoms with E-state index in [9.17, 15) is 56.7 Å². The molecule has 2 aliphatic heterocycles. The zero-order valence-electron chi connectivity index (χ0n) is 35.9. The number of benzene rings is 4. The van der Waals surface area contributed by atoms with Crippen LogP contribution in [0.2, 0.25) is 0 Å². The quantitative estimate of drug-likeness (QED) is 0.0706. The summed E-state index contributed by atoms with van der Waals surface area (Å²) >= 11 is 0. The number of anilines is 4. The van der Waals surface area contributed by atoms with Crippen molar-refractivity contribution in [3.8, 4) is 23.9 Å². The Morgan fingerprint density at radius 3 is 1.33 bits per heavy atom. The van der Waals surface area contributed by atoms with Gasteiger partial charge in [-0.15, -0.1) is 0 Å². The van der Waals surface area contributed by atoms with Gasteiger partial charge in [0.1, 0.15) is 0 Å². The van der Waals surface area contributed by atoms with Crippen molar-refractivity contribution in [2.24, 2.45) is 0 Å². The summed E-state index contributed by atoms with van der Waals surface area (Å²) in [6, 6.07) is 22.2. The number of aryl methyl sites for hydroxylation is 2. The predicted octanol–water partition coefficient (Wildman–Crippen LogP) is 9.94. The first-order valence-electron chi connectivity index (χ1n) is 21.0. The largest absolute Gasteiger partial charge is 0.494 e. The van der Waals surface area contributed by atoms with Gasteiger partial charge in [-0.3, -0.25) is 9.80 Å². The van der Waals surface area contributed by atoms with Crippen LogP contribution in [0, 0.1) is 22.7 Å². The Bertz CT molecular complexity index is 2750. The number of carbonyl (C=O) groups excluding carboxylic acids is 2. The maximum absolute atomic E-state index is 13.8. The molecular weight excluding hydrogens is 881 g/mol. The summed E-state index contributed by atoms with van der Waals surface area (Å²) in [5.74, 6) is -0.407. The second-order valence-electron chi connectivity index (χ2n) is 17.0. The van der Waals surface area contributed by atoms with Crippen LogP contribution in [0.3, 0.4) is 0 Å². The molecule has 67 heavy (non-hydrogen) atoms. The van der Waals surface area contributed by atoms with E-state index in [-0.39, 0.29) is 58.7 Å². The zero-order valence-corrected chi connectivity index (χ0v) is 35.9. The molecule has 13 nitrogen and oxygen atoms in total. The van der Waals surface area contributed by atoms with Crippen molar-refractivity contribution in [1.82, 2.24) is 19.8 Å². The van der Waals surface area contributed by atoms with Crippen molar-refractivity contribution in [3.63, 3.8) is 0 Å². The van der Waals surface area contributed by atoms with Crippen LogP contribution in [-0.4, -0.2) is 63.1 Å². The van der Waals surface area contributed by atoms with Gasteiger partial charge in [0.2, 0.25) is 0 Å². The molecule has 0 bridgehead atoms. The molecule has 0 spiro atoms. The predicted molar refractivity (Wildman–Crippen MR) is 233 cm³/mol. The topological polar surface area (TPSA) is 163 Å². The molecule has 344 valence electrons. The molecule has 4 amide bonds. The highest BCUT2D eigenvalue weighted by Gasteiger charge is 2.41. The average molecular weight is 923 g/mol. The van der Waals surface area contributed by atoms with Gasteiger partial charge < -0.3 is 34.5 Å². The lowest BCUT2D eigenvalue weighted by Crippen LogP contribution is -2.44. The van der Waals surface area contributed by atoms with Crippen molar-refractivity contribution in [1.29, 1.82) is 10.5 Å². The van der Waals surface area contributed by atoms with E-state index in [1.54, 1.807) is 57.7 Å². The summed E-state index contributed by atoms with van der Waals surface area (Å²) in [4.78, 5) is 29.6. The van der Waals surface area contributed by atoms with E-state index in [1.165, 1.54) is 36.7 Å². The Balaban J connectivity index is 1.01. The molecule has 8 rings (SSSR count). The fraction of sp³-hybridized carbons (Fsp3) is 0.250. The molecule has 2 atom stereocenters. The van der Waals surface area contributed by atoms with Crippen LogP contribution < -0.4 is 20.4 Å². The number of alkyl halides is 6. The molecule has 4 N–H and O–H groups in total. The van der Waals surface area contributed by atoms with Crippen LogP contribution in [0.4, 0.5) is 58.7 Å². The number of nitrogens with one attached hydrogen (secondary N) is 2. The SMILES string of the molecule is C[N+](C)(CCCn1cc2c(c1O)[C@@H](c1ccc(C#N)cc1)NC(=O)N2c1cccc(C(F)(F)F)c1)CCCn1cc2c(c1O)[C@@H](c1ccc(C#N)cc1)NC(=O)N2c1cccc(C(F)(F)F)c1. The molecule has 0 fully saturated rings. The highest BCUT2D eigenvalue weighted by atomic mass is 19.4. The molecule has 4 aromatic carbocycles. The first kappa shape index (κ1) is 45.7. The van der Waals surface area contributed by atoms with Crippen LogP contribution >= 0.6 is 0 Å². The minimum absolute atomic E-state index is 0.0626. The molecule has 4 heterocycles. The number of nitrogens with zero attached hydrogens (tertiary/aromatic N) is 7.